The van der Waals surface area contributed by atoms with Gasteiger partial charge in [0.2, 0.25) is 5.91 Å². The Balaban J connectivity index is 1.55. The van der Waals surface area contributed by atoms with E-state index in [1.165, 1.54) is 0 Å². The van der Waals surface area contributed by atoms with Crippen molar-refractivity contribution in [1.82, 2.24) is 10.3 Å². The minimum atomic E-state index is -0.0234. The van der Waals surface area contributed by atoms with E-state index in [-0.39, 0.29) is 12.3 Å². The van der Waals surface area contributed by atoms with Crippen LogP contribution in [0.4, 0.5) is 0 Å². The van der Waals surface area contributed by atoms with Crippen molar-refractivity contribution in [2.45, 2.75) is 13.0 Å². The van der Waals surface area contributed by atoms with Gasteiger partial charge in [-0.15, -0.1) is 0 Å². The first-order valence-corrected chi connectivity index (χ1v) is 9.94. The molecule has 30 heavy (non-hydrogen) atoms. The summed E-state index contributed by atoms with van der Waals surface area (Å²) in [5.74, 6) is 0.667. The summed E-state index contributed by atoms with van der Waals surface area (Å²) in [7, 11) is 0. The van der Waals surface area contributed by atoms with E-state index in [1.807, 2.05) is 66.7 Å². The lowest BCUT2D eigenvalue weighted by atomic mass is 9.98. The maximum atomic E-state index is 12.8. The van der Waals surface area contributed by atoms with Crippen LogP contribution in [-0.4, -0.2) is 10.9 Å². The van der Waals surface area contributed by atoms with Crippen molar-refractivity contribution < 1.29 is 9.21 Å². The molecule has 0 aliphatic rings. The Morgan fingerprint density at radius 2 is 1.73 bits per heavy atom. The first-order chi connectivity index (χ1) is 14.8. The van der Waals surface area contributed by atoms with Crippen LogP contribution in [0.1, 0.15) is 11.1 Å². The average Bonchev–Trinajstić information content (AvgIpc) is 3.33. The third-order valence-electron chi connectivity index (χ3n) is 5.24. The zero-order valence-corrected chi connectivity index (χ0v) is 16.3. The monoisotopic (exact) mass is 392 g/mol. The Labute approximate surface area is 174 Å². The minimum absolute atomic E-state index is 0.0234. The molecule has 0 fully saturated rings. The van der Waals surface area contributed by atoms with Crippen molar-refractivity contribution in [2.24, 2.45) is 0 Å². The first kappa shape index (κ1) is 18.1. The van der Waals surface area contributed by atoms with Gasteiger partial charge in [-0.1, -0.05) is 60.7 Å². The molecule has 1 N–H and O–H groups in total. The van der Waals surface area contributed by atoms with Gasteiger partial charge in [0.25, 0.3) is 0 Å². The molecule has 3 aromatic carbocycles. The number of fused-ring (bicyclic) bond motifs is 3. The minimum Gasteiger partial charge on any atom is -0.463 e. The zero-order chi connectivity index (χ0) is 20.3. The highest BCUT2D eigenvalue weighted by molar-refractivity contribution is 6.09. The molecule has 0 aliphatic carbocycles. The van der Waals surface area contributed by atoms with Crippen LogP contribution in [0.15, 0.2) is 95.6 Å². The molecule has 5 aromatic rings. The van der Waals surface area contributed by atoms with Crippen LogP contribution < -0.4 is 5.32 Å². The van der Waals surface area contributed by atoms with E-state index in [0.29, 0.717) is 12.3 Å². The second kappa shape index (κ2) is 7.84. The first-order valence-electron chi connectivity index (χ1n) is 9.94. The maximum Gasteiger partial charge on any atom is 0.224 e. The second-order valence-electron chi connectivity index (χ2n) is 7.26. The molecule has 2 heterocycles. The van der Waals surface area contributed by atoms with Gasteiger partial charge in [-0.25, -0.2) is 4.98 Å². The third kappa shape index (κ3) is 3.55. The molecular formula is C26H20N2O2. The van der Waals surface area contributed by atoms with Gasteiger partial charge in [0.05, 0.1) is 18.2 Å². The number of aromatic nitrogens is 1. The Kier molecular flexibility index (Phi) is 4.74. The van der Waals surface area contributed by atoms with Crippen LogP contribution in [-0.2, 0) is 17.8 Å². The van der Waals surface area contributed by atoms with Crippen LogP contribution in [0.2, 0.25) is 0 Å². The second-order valence-corrected chi connectivity index (χ2v) is 7.26. The van der Waals surface area contributed by atoms with Crippen molar-refractivity contribution in [3.05, 3.63) is 102 Å². The Morgan fingerprint density at radius 3 is 2.57 bits per heavy atom. The van der Waals surface area contributed by atoms with E-state index >= 15 is 0 Å². The number of nitrogens with one attached hydrogen (secondary N) is 1. The number of rotatable bonds is 5. The summed E-state index contributed by atoms with van der Waals surface area (Å²) in [6.45, 7) is 0.508. The highest BCUT2D eigenvalue weighted by Crippen LogP contribution is 2.31. The fourth-order valence-electron chi connectivity index (χ4n) is 3.81. The molecule has 0 aliphatic heterocycles. The van der Waals surface area contributed by atoms with Gasteiger partial charge >= 0.3 is 0 Å². The van der Waals surface area contributed by atoms with Crippen LogP contribution in [0.5, 0.6) is 0 Å². The van der Waals surface area contributed by atoms with Crippen LogP contribution in [0.3, 0.4) is 0 Å². The average molecular weight is 392 g/mol. The van der Waals surface area contributed by atoms with Gasteiger partial charge in [-0.2, -0.15) is 0 Å². The number of hydrogen-bond donors (Lipinski definition) is 1. The Bertz CT molecular complexity index is 1330. The van der Waals surface area contributed by atoms with Crippen molar-refractivity contribution in [3.8, 4) is 11.5 Å². The lowest BCUT2D eigenvalue weighted by molar-refractivity contribution is -0.120. The normalized spacial score (nSPS) is 11.1. The smallest absolute Gasteiger partial charge is 0.224 e. The number of amides is 1. The summed E-state index contributed by atoms with van der Waals surface area (Å²) in [5.41, 5.74) is 3.60. The lowest BCUT2D eigenvalue weighted by Crippen LogP contribution is -2.24. The van der Waals surface area contributed by atoms with Crippen molar-refractivity contribution in [3.63, 3.8) is 0 Å². The number of hydrogen-bond acceptors (Lipinski definition) is 3. The number of furan rings is 1. The number of nitrogens with zero attached hydrogens (tertiary/aromatic N) is 1. The highest BCUT2D eigenvalue weighted by atomic mass is 16.3. The van der Waals surface area contributed by atoms with E-state index < -0.39 is 0 Å². The molecule has 0 unspecified atom stereocenters. The lowest BCUT2D eigenvalue weighted by Gasteiger charge is -2.12. The molecule has 0 saturated carbocycles. The van der Waals surface area contributed by atoms with E-state index in [9.17, 15) is 4.79 Å². The number of carbonyl (C=O) groups excluding carboxylic acids is 1. The van der Waals surface area contributed by atoms with Crippen LogP contribution in [0.25, 0.3) is 33.1 Å². The molecule has 0 spiro atoms. The van der Waals surface area contributed by atoms with Crippen molar-refractivity contribution in [2.75, 3.05) is 0 Å². The van der Waals surface area contributed by atoms with Crippen molar-refractivity contribution in [1.29, 1.82) is 0 Å². The molecule has 146 valence electrons. The molecule has 1 amide bonds. The number of carbonyl (C=O) groups is 1. The Hall–Kier alpha value is -3.92. The SMILES string of the molecule is O=C(Cc1cc(-c2ccco2)nc2ccc3ccccc3c12)NCc1ccccc1. The summed E-state index contributed by atoms with van der Waals surface area (Å²) < 4.78 is 5.56. The molecule has 2 aromatic heterocycles. The summed E-state index contributed by atoms with van der Waals surface area (Å²) in [6.07, 6.45) is 1.90. The topological polar surface area (TPSA) is 55.1 Å². The summed E-state index contributed by atoms with van der Waals surface area (Å²) in [5, 5.41) is 6.27. The highest BCUT2D eigenvalue weighted by Gasteiger charge is 2.14. The summed E-state index contributed by atoms with van der Waals surface area (Å²) in [6, 6.07) is 27.9. The fourth-order valence-corrected chi connectivity index (χ4v) is 3.81. The van der Waals surface area contributed by atoms with Gasteiger partial charge in [-0.05, 0) is 46.2 Å². The number of benzene rings is 3. The van der Waals surface area contributed by atoms with Gasteiger partial charge in [0, 0.05) is 11.9 Å². The van der Waals surface area contributed by atoms with E-state index in [2.05, 4.69) is 23.5 Å². The summed E-state index contributed by atoms with van der Waals surface area (Å²) >= 11 is 0. The van der Waals surface area contributed by atoms with E-state index in [4.69, 9.17) is 9.40 Å². The molecule has 5 rings (SSSR count). The predicted octanol–water partition coefficient (Wildman–Crippen LogP) is 5.51. The molecule has 0 saturated heterocycles. The standard InChI is InChI=1S/C26H20N2O2/c29-25(27-17-18-7-2-1-3-8-18)16-20-15-23(24-11-6-14-30-24)28-22-13-12-19-9-4-5-10-21(19)26(20)22/h1-15H,16-17H2,(H,27,29). The number of pyridine rings is 1. The van der Waals surface area contributed by atoms with Gasteiger partial charge in [-0.3, -0.25) is 4.79 Å². The molecule has 0 bridgehead atoms. The largest absolute Gasteiger partial charge is 0.463 e. The fraction of sp³-hybridized carbons (Fsp3) is 0.0769. The maximum absolute atomic E-state index is 12.8. The molecule has 4 nitrogen and oxygen atoms in total. The van der Waals surface area contributed by atoms with Crippen LogP contribution in [0, 0.1) is 0 Å². The molecular weight excluding hydrogens is 372 g/mol. The molecule has 0 atom stereocenters. The van der Waals surface area contributed by atoms with Gasteiger partial charge < -0.3 is 9.73 Å². The summed E-state index contributed by atoms with van der Waals surface area (Å²) in [4.78, 5) is 17.6. The quantitative estimate of drug-likeness (QED) is 0.402. The van der Waals surface area contributed by atoms with Crippen LogP contribution >= 0.6 is 0 Å². The van der Waals surface area contributed by atoms with E-state index in [1.54, 1.807) is 6.26 Å². The van der Waals surface area contributed by atoms with Crippen molar-refractivity contribution >= 4 is 27.6 Å². The predicted molar refractivity (Wildman–Crippen MR) is 119 cm³/mol. The Morgan fingerprint density at radius 1 is 0.900 bits per heavy atom. The van der Waals surface area contributed by atoms with E-state index in [0.717, 1.165) is 38.5 Å². The molecule has 4 heteroatoms. The zero-order valence-electron chi connectivity index (χ0n) is 16.3. The third-order valence-corrected chi connectivity index (χ3v) is 5.24. The van der Waals surface area contributed by atoms with Gasteiger partial charge in [0.1, 0.15) is 5.69 Å². The molecule has 0 radical (unpaired) electrons. The van der Waals surface area contributed by atoms with Gasteiger partial charge in [0.15, 0.2) is 5.76 Å².